The average Bonchev–Trinajstić information content (AvgIpc) is 2.69. The number of nitrogens with zero attached hydrogens (tertiary/aromatic N) is 2. The molecule has 0 amide bonds. The maximum absolute atomic E-state index is 13.0. The molecule has 1 aromatic carbocycles. The fourth-order valence-electron chi connectivity index (χ4n) is 1.34. The summed E-state index contributed by atoms with van der Waals surface area (Å²) in [7, 11) is 0. The van der Waals surface area contributed by atoms with Crippen molar-refractivity contribution < 1.29 is 14.0 Å². The van der Waals surface area contributed by atoms with Gasteiger partial charge in [-0.1, -0.05) is 16.8 Å². The topological polar surface area (TPSA) is 59.2 Å². The molecule has 0 fully saturated rings. The largest absolute Gasteiger partial charge is 0.393 e. The summed E-state index contributed by atoms with van der Waals surface area (Å²) in [4.78, 5) is 4.07. The molecule has 1 aromatic heterocycles. The summed E-state index contributed by atoms with van der Waals surface area (Å²) < 4.78 is 17.9. The lowest BCUT2D eigenvalue weighted by Crippen LogP contribution is -2.04. The number of rotatable bonds is 3. The van der Waals surface area contributed by atoms with E-state index in [2.05, 4.69) is 10.1 Å². The van der Waals surface area contributed by atoms with Gasteiger partial charge in [0, 0.05) is 5.56 Å². The van der Waals surface area contributed by atoms with Crippen molar-refractivity contribution >= 4 is 11.6 Å². The highest BCUT2D eigenvalue weighted by Crippen LogP contribution is 2.22. The van der Waals surface area contributed by atoms with E-state index in [1.54, 1.807) is 6.92 Å². The summed E-state index contributed by atoms with van der Waals surface area (Å²) in [5.74, 6) is 0.154. The zero-order chi connectivity index (χ0) is 12.4. The van der Waals surface area contributed by atoms with E-state index in [1.165, 1.54) is 18.2 Å². The summed E-state index contributed by atoms with van der Waals surface area (Å²) >= 11 is 5.65. The van der Waals surface area contributed by atoms with Crippen molar-refractivity contribution in [3.05, 3.63) is 34.9 Å². The number of aliphatic hydroxyl groups excluding tert-OH is 1. The lowest BCUT2D eigenvalue weighted by atomic mass is 10.2. The number of hydrogen-bond donors (Lipinski definition) is 1. The van der Waals surface area contributed by atoms with E-state index in [0.717, 1.165) is 0 Å². The minimum absolute atomic E-state index is 0.00405. The highest BCUT2D eigenvalue weighted by molar-refractivity contribution is 6.31. The van der Waals surface area contributed by atoms with Gasteiger partial charge in [-0.2, -0.15) is 4.98 Å². The molecule has 1 N–H and O–H groups in total. The molecule has 4 nitrogen and oxygen atoms in total. The van der Waals surface area contributed by atoms with Crippen LogP contribution in [0.3, 0.4) is 0 Å². The Morgan fingerprint density at radius 3 is 2.94 bits per heavy atom. The Bertz CT molecular complexity index is 528. The predicted molar refractivity (Wildman–Crippen MR) is 60.1 cm³/mol. The van der Waals surface area contributed by atoms with Crippen LogP contribution in [0.2, 0.25) is 5.02 Å². The second kappa shape index (κ2) is 4.81. The van der Waals surface area contributed by atoms with Crippen LogP contribution in [-0.4, -0.2) is 21.4 Å². The molecular weight excluding hydrogens is 247 g/mol. The van der Waals surface area contributed by atoms with Crippen LogP contribution in [0.15, 0.2) is 22.7 Å². The molecule has 1 atom stereocenters. The van der Waals surface area contributed by atoms with Gasteiger partial charge in [0.1, 0.15) is 5.82 Å². The summed E-state index contributed by atoms with van der Waals surface area (Å²) in [5, 5.41) is 12.9. The number of benzene rings is 1. The van der Waals surface area contributed by atoms with Gasteiger partial charge in [-0.3, -0.25) is 0 Å². The van der Waals surface area contributed by atoms with E-state index >= 15 is 0 Å². The van der Waals surface area contributed by atoms with Gasteiger partial charge < -0.3 is 9.63 Å². The van der Waals surface area contributed by atoms with Crippen LogP contribution in [0.4, 0.5) is 4.39 Å². The highest BCUT2D eigenvalue weighted by Gasteiger charge is 2.11. The molecule has 0 aliphatic heterocycles. The van der Waals surface area contributed by atoms with Gasteiger partial charge in [0.05, 0.1) is 17.5 Å². The van der Waals surface area contributed by atoms with Crippen molar-refractivity contribution in [1.82, 2.24) is 10.1 Å². The molecule has 0 radical (unpaired) electrons. The van der Waals surface area contributed by atoms with Crippen LogP contribution in [0.5, 0.6) is 0 Å². The fraction of sp³-hybridized carbons (Fsp3) is 0.273. The van der Waals surface area contributed by atoms with Crippen LogP contribution in [0, 0.1) is 5.82 Å². The summed E-state index contributed by atoms with van der Waals surface area (Å²) in [5.41, 5.74) is 0.567. The van der Waals surface area contributed by atoms with E-state index in [9.17, 15) is 4.39 Å². The standard InChI is InChI=1S/C11H10ClFN2O2/c1-6(16)4-10-14-11(15-17-10)7-2-3-9(13)8(12)5-7/h2-3,5-6,16H,4H2,1H3. The van der Waals surface area contributed by atoms with E-state index in [1.807, 2.05) is 0 Å². The first-order valence-corrected chi connectivity index (χ1v) is 5.40. The highest BCUT2D eigenvalue weighted by atomic mass is 35.5. The number of hydrogen-bond acceptors (Lipinski definition) is 4. The smallest absolute Gasteiger partial charge is 0.229 e. The van der Waals surface area contributed by atoms with Crippen LogP contribution >= 0.6 is 11.6 Å². The van der Waals surface area contributed by atoms with E-state index in [-0.39, 0.29) is 11.4 Å². The molecule has 0 spiro atoms. The molecule has 17 heavy (non-hydrogen) atoms. The molecule has 0 aliphatic carbocycles. The Kier molecular flexibility index (Phi) is 3.40. The molecular formula is C11H10ClFN2O2. The lowest BCUT2D eigenvalue weighted by Gasteiger charge is -1.97. The fourth-order valence-corrected chi connectivity index (χ4v) is 1.52. The quantitative estimate of drug-likeness (QED) is 0.916. The van der Waals surface area contributed by atoms with Crippen molar-refractivity contribution in [3.8, 4) is 11.4 Å². The normalized spacial score (nSPS) is 12.7. The Morgan fingerprint density at radius 2 is 2.29 bits per heavy atom. The van der Waals surface area contributed by atoms with Crippen molar-refractivity contribution in [2.75, 3.05) is 0 Å². The van der Waals surface area contributed by atoms with Gasteiger partial charge in [-0.05, 0) is 25.1 Å². The Labute approximate surface area is 102 Å². The van der Waals surface area contributed by atoms with Crippen molar-refractivity contribution in [3.63, 3.8) is 0 Å². The van der Waals surface area contributed by atoms with Crippen molar-refractivity contribution in [2.45, 2.75) is 19.4 Å². The molecule has 0 bridgehead atoms. The summed E-state index contributed by atoms with van der Waals surface area (Å²) in [6, 6.07) is 4.18. The van der Waals surface area contributed by atoms with Crippen LogP contribution in [-0.2, 0) is 6.42 Å². The molecule has 90 valence electrons. The minimum atomic E-state index is -0.555. The summed E-state index contributed by atoms with van der Waals surface area (Å²) in [6.45, 7) is 1.62. The van der Waals surface area contributed by atoms with Crippen molar-refractivity contribution in [2.24, 2.45) is 0 Å². The maximum Gasteiger partial charge on any atom is 0.229 e. The van der Waals surface area contributed by atoms with Gasteiger partial charge in [0.25, 0.3) is 0 Å². The SMILES string of the molecule is CC(O)Cc1nc(-c2ccc(F)c(Cl)c2)no1. The summed E-state index contributed by atoms with van der Waals surface area (Å²) in [6.07, 6.45) is -0.276. The van der Waals surface area contributed by atoms with Gasteiger partial charge in [0.15, 0.2) is 0 Å². The van der Waals surface area contributed by atoms with Crippen LogP contribution in [0.1, 0.15) is 12.8 Å². The van der Waals surface area contributed by atoms with E-state index in [0.29, 0.717) is 17.3 Å². The zero-order valence-corrected chi connectivity index (χ0v) is 9.78. The molecule has 0 aliphatic rings. The first-order chi connectivity index (χ1) is 8.06. The Morgan fingerprint density at radius 1 is 1.53 bits per heavy atom. The van der Waals surface area contributed by atoms with Crippen LogP contribution in [0.25, 0.3) is 11.4 Å². The molecule has 0 saturated heterocycles. The van der Waals surface area contributed by atoms with Gasteiger partial charge in [0.2, 0.25) is 11.7 Å². The lowest BCUT2D eigenvalue weighted by molar-refractivity contribution is 0.181. The number of aliphatic hydroxyl groups is 1. The minimum Gasteiger partial charge on any atom is -0.393 e. The monoisotopic (exact) mass is 256 g/mol. The molecule has 1 heterocycles. The second-order valence-electron chi connectivity index (χ2n) is 3.69. The molecule has 0 saturated carbocycles. The zero-order valence-electron chi connectivity index (χ0n) is 9.02. The van der Waals surface area contributed by atoms with Crippen molar-refractivity contribution in [1.29, 1.82) is 0 Å². The first-order valence-electron chi connectivity index (χ1n) is 5.02. The molecule has 2 aromatic rings. The van der Waals surface area contributed by atoms with Gasteiger partial charge in [-0.25, -0.2) is 4.39 Å². The molecule has 6 heteroatoms. The van der Waals surface area contributed by atoms with E-state index < -0.39 is 11.9 Å². The molecule has 2 rings (SSSR count). The third kappa shape index (κ3) is 2.81. The number of halogens is 2. The first kappa shape index (κ1) is 12.0. The third-order valence-corrected chi connectivity index (χ3v) is 2.41. The third-order valence-electron chi connectivity index (χ3n) is 2.12. The Balaban J connectivity index is 2.27. The van der Waals surface area contributed by atoms with Gasteiger partial charge >= 0.3 is 0 Å². The van der Waals surface area contributed by atoms with E-state index in [4.69, 9.17) is 21.2 Å². The Hall–Kier alpha value is -1.46. The number of aromatic nitrogens is 2. The second-order valence-corrected chi connectivity index (χ2v) is 4.10. The average molecular weight is 257 g/mol. The van der Waals surface area contributed by atoms with Gasteiger partial charge in [-0.15, -0.1) is 0 Å². The molecule has 1 unspecified atom stereocenters. The van der Waals surface area contributed by atoms with Crippen LogP contribution < -0.4 is 0 Å². The maximum atomic E-state index is 13.0. The predicted octanol–water partition coefficient (Wildman–Crippen LogP) is 2.45.